The summed E-state index contributed by atoms with van der Waals surface area (Å²) in [6.07, 6.45) is 0. The van der Waals surface area contributed by atoms with Crippen LogP contribution in [0.3, 0.4) is 0 Å². The van der Waals surface area contributed by atoms with Crippen molar-refractivity contribution < 1.29 is 13.9 Å². The first-order valence-electron chi connectivity index (χ1n) is 6.70. The van der Waals surface area contributed by atoms with Crippen LogP contribution in [0.15, 0.2) is 39.9 Å². The number of carbonyl (C=O) groups excluding carboxylic acids is 1. The number of aromatic nitrogens is 2. The van der Waals surface area contributed by atoms with Gasteiger partial charge in [-0.3, -0.25) is 0 Å². The number of benzene rings is 1. The Morgan fingerprint density at radius 3 is 2.65 bits per heavy atom. The molecule has 7 nitrogen and oxygen atoms in total. The topological polar surface area (TPSA) is 117 Å². The van der Waals surface area contributed by atoms with Gasteiger partial charge in [-0.2, -0.15) is 0 Å². The summed E-state index contributed by atoms with van der Waals surface area (Å²) in [5, 5.41) is 1.28. The van der Waals surface area contributed by atoms with E-state index in [1.165, 1.54) is 24.9 Å². The summed E-state index contributed by atoms with van der Waals surface area (Å²) in [5.41, 5.74) is 12.7. The zero-order valence-corrected chi connectivity index (χ0v) is 13.1. The monoisotopic (exact) mass is 330 g/mol. The lowest BCUT2D eigenvalue weighted by Gasteiger charge is -2.03. The summed E-state index contributed by atoms with van der Waals surface area (Å²) in [4.78, 5) is 20.1. The van der Waals surface area contributed by atoms with E-state index in [2.05, 4.69) is 9.97 Å². The number of nitrogens with two attached hydrogens (primary N) is 2. The molecule has 4 N–H and O–H groups in total. The molecule has 3 aromatic rings. The number of rotatable bonds is 4. The Bertz CT molecular complexity index is 858. The maximum absolute atomic E-state index is 11.9. The van der Waals surface area contributed by atoms with E-state index in [0.717, 1.165) is 10.9 Å². The number of anilines is 2. The molecule has 2 aromatic heterocycles. The lowest BCUT2D eigenvalue weighted by molar-refractivity contribution is 0.0566. The third-order valence-electron chi connectivity index (χ3n) is 3.16. The largest absolute Gasteiger partial charge is 0.463 e. The molecule has 2 heterocycles. The maximum atomic E-state index is 11.9. The minimum atomic E-state index is -0.523. The van der Waals surface area contributed by atoms with E-state index >= 15 is 0 Å². The van der Waals surface area contributed by atoms with E-state index in [4.69, 9.17) is 20.6 Å². The zero-order chi connectivity index (χ0) is 16.4. The summed E-state index contributed by atoms with van der Waals surface area (Å²) in [5.74, 6) is 0.669. The minimum Gasteiger partial charge on any atom is -0.463 e. The fourth-order valence-corrected chi connectivity index (χ4v) is 3.06. The van der Waals surface area contributed by atoms with Crippen molar-refractivity contribution in [3.8, 4) is 0 Å². The van der Waals surface area contributed by atoms with Crippen LogP contribution in [0.25, 0.3) is 11.0 Å². The van der Waals surface area contributed by atoms with Crippen molar-refractivity contribution in [2.45, 2.75) is 10.9 Å². The number of hydrogen-bond donors (Lipinski definition) is 2. The van der Waals surface area contributed by atoms with Crippen LogP contribution in [0.2, 0.25) is 0 Å². The van der Waals surface area contributed by atoms with Gasteiger partial charge in [-0.1, -0.05) is 30.0 Å². The van der Waals surface area contributed by atoms with Crippen LogP contribution >= 0.6 is 11.8 Å². The molecule has 0 saturated carbocycles. The number of hydrogen-bond acceptors (Lipinski definition) is 8. The molecule has 8 heteroatoms. The molecule has 0 aliphatic heterocycles. The quantitative estimate of drug-likeness (QED) is 0.425. The van der Waals surface area contributed by atoms with E-state index in [1.54, 1.807) is 6.07 Å². The molecular weight excluding hydrogens is 316 g/mol. The summed E-state index contributed by atoms with van der Waals surface area (Å²) in [6, 6.07) is 8.88. The van der Waals surface area contributed by atoms with E-state index in [0.29, 0.717) is 28.1 Å². The molecule has 0 unspecified atom stereocenters. The molecule has 3 rings (SSSR count). The molecule has 1 aromatic carbocycles. The number of nitrogens with zero attached hydrogens (tertiary/aromatic N) is 2. The van der Waals surface area contributed by atoms with Crippen LogP contribution in [0.5, 0.6) is 0 Å². The number of carbonyl (C=O) groups is 1. The van der Waals surface area contributed by atoms with Crippen LogP contribution in [-0.2, 0) is 10.5 Å². The summed E-state index contributed by atoms with van der Waals surface area (Å²) >= 11 is 1.31. The van der Waals surface area contributed by atoms with Crippen molar-refractivity contribution >= 4 is 40.3 Å². The summed E-state index contributed by atoms with van der Waals surface area (Å²) < 4.78 is 10.4. The van der Waals surface area contributed by atoms with Gasteiger partial charge in [0.05, 0.1) is 7.11 Å². The van der Waals surface area contributed by atoms with Crippen molar-refractivity contribution in [2.75, 3.05) is 18.6 Å². The van der Waals surface area contributed by atoms with Crippen molar-refractivity contribution in [3.63, 3.8) is 0 Å². The minimum absolute atomic E-state index is 0.179. The van der Waals surface area contributed by atoms with Gasteiger partial charge in [0.1, 0.15) is 17.2 Å². The average Bonchev–Trinajstić information content (AvgIpc) is 2.90. The van der Waals surface area contributed by atoms with Gasteiger partial charge in [-0.25, -0.2) is 14.8 Å². The predicted molar refractivity (Wildman–Crippen MR) is 88.0 cm³/mol. The van der Waals surface area contributed by atoms with Gasteiger partial charge in [-0.05, 0) is 6.07 Å². The van der Waals surface area contributed by atoms with E-state index in [1.807, 2.05) is 18.2 Å². The fraction of sp³-hybridized carbons (Fsp3) is 0.133. The van der Waals surface area contributed by atoms with Gasteiger partial charge in [0.15, 0.2) is 5.16 Å². The number of fused-ring (bicyclic) bond motifs is 1. The Labute approximate surface area is 136 Å². The lowest BCUT2D eigenvalue weighted by atomic mass is 10.1. The first-order valence-corrected chi connectivity index (χ1v) is 7.68. The second-order valence-corrected chi connectivity index (χ2v) is 5.63. The SMILES string of the molecule is COC(=O)c1oc2ccccc2c1CSc1nc(N)cc(N)n1. The molecular formula is C15H14N4O3S. The van der Waals surface area contributed by atoms with Gasteiger partial charge in [-0.15, -0.1) is 0 Å². The highest BCUT2D eigenvalue weighted by Crippen LogP contribution is 2.31. The third-order valence-corrected chi connectivity index (χ3v) is 4.03. The molecule has 0 aliphatic rings. The van der Waals surface area contributed by atoms with Crippen molar-refractivity contribution in [2.24, 2.45) is 0 Å². The molecule has 0 radical (unpaired) electrons. The maximum Gasteiger partial charge on any atom is 0.374 e. The molecule has 23 heavy (non-hydrogen) atoms. The normalized spacial score (nSPS) is 10.8. The molecule has 0 fully saturated rings. The Morgan fingerprint density at radius 2 is 1.96 bits per heavy atom. The van der Waals surface area contributed by atoms with Crippen LogP contribution in [-0.4, -0.2) is 23.0 Å². The van der Waals surface area contributed by atoms with Crippen molar-refractivity contribution in [3.05, 3.63) is 41.7 Å². The number of methoxy groups -OCH3 is 1. The first-order chi connectivity index (χ1) is 11.1. The number of furan rings is 1. The highest BCUT2D eigenvalue weighted by molar-refractivity contribution is 7.98. The Morgan fingerprint density at radius 1 is 1.26 bits per heavy atom. The van der Waals surface area contributed by atoms with Crippen molar-refractivity contribution in [1.29, 1.82) is 0 Å². The molecule has 0 amide bonds. The van der Waals surface area contributed by atoms with E-state index < -0.39 is 5.97 Å². The number of nitrogen functional groups attached to an aromatic ring is 2. The molecule has 0 bridgehead atoms. The number of para-hydroxylation sites is 1. The molecule has 118 valence electrons. The number of esters is 1. The van der Waals surface area contributed by atoms with Crippen LogP contribution < -0.4 is 11.5 Å². The summed E-state index contributed by atoms with van der Waals surface area (Å²) in [7, 11) is 1.31. The van der Waals surface area contributed by atoms with E-state index in [-0.39, 0.29) is 5.76 Å². The Hall–Kier alpha value is -2.74. The van der Waals surface area contributed by atoms with Crippen LogP contribution in [0.4, 0.5) is 11.6 Å². The van der Waals surface area contributed by atoms with Gasteiger partial charge in [0.2, 0.25) is 5.76 Å². The van der Waals surface area contributed by atoms with E-state index in [9.17, 15) is 4.79 Å². The summed E-state index contributed by atoms with van der Waals surface area (Å²) in [6.45, 7) is 0. The molecule has 0 spiro atoms. The molecule has 0 atom stereocenters. The van der Waals surface area contributed by atoms with Gasteiger partial charge < -0.3 is 20.6 Å². The van der Waals surface area contributed by atoms with Crippen LogP contribution in [0.1, 0.15) is 16.1 Å². The van der Waals surface area contributed by atoms with Gasteiger partial charge in [0, 0.05) is 22.8 Å². The Kier molecular flexibility index (Phi) is 4.07. The van der Waals surface area contributed by atoms with Gasteiger partial charge in [0.25, 0.3) is 0 Å². The smallest absolute Gasteiger partial charge is 0.374 e. The second kappa shape index (κ2) is 6.17. The highest BCUT2D eigenvalue weighted by Gasteiger charge is 2.21. The molecule has 0 saturated heterocycles. The number of ether oxygens (including phenoxy) is 1. The third kappa shape index (κ3) is 3.07. The lowest BCUT2D eigenvalue weighted by Crippen LogP contribution is -2.03. The van der Waals surface area contributed by atoms with Crippen molar-refractivity contribution in [1.82, 2.24) is 9.97 Å². The van der Waals surface area contributed by atoms with Gasteiger partial charge >= 0.3 is 5.97 Å². The van der Waals surface area contributed by atoms with Crippen LogP contribution in [0, 0.1) is 0 Å². The average molecular weight is 330 g/mol. The Balaban J connectivity index is 1.96. The first kappa shape index (κ1) is 15.2. The zero-order valence-electron chi connectivity index (χ0n) is 12.3. The fourth-order valence-electron chi connectivity index (χ4n) is 2.16. The number of thioether (sulfide) groups is 1. The standard InChI is InChI=1S/C15H14N4O3S/c1-21-14(20)13-9(8-4-2-3-5-10(8)22-13)7-23-15-18-11(16)6-12(17)19-15/h2-6H,7H2,1H3,(H4,16,17,18,19). The highest BCUT2D eigenvalue weighted by atomic mass is 32.2. The predicted octanol–water partition coefficient (Wildman–Crippen LogP) is 2.47. The molecule has 0 aliphatic carbocycles. The second-order valence-electron chi connectivity index (χ2n) is 4.69.